The van der Waals surface area contributed by atoms with Crippen molar-refractivity contribution in [3.05, 3.63) is 230 Å². The van der Waals surface area contributed by atoms with Gasteiger partial charge in [-0.2, -0.15) is 4.33 Å². The molecule has 0 bridgehead atoms. The van der Waals surface area contributed by atoms with Crippen LogP contribution in [-0.4, -0.2) is 82.2 Å². The number of rotatable bonds is 4. The molecule has 0 aromatic heterocycles. The zero-order chi connectivity index (χ0) is 60.8. The normalized spacial score (nSPS) is 9.01. The third-order valence-electron chi connectivity index (χ3n) is 8.40. The molecule has 0 saturated heterocycles. The minimum atomic E-state index is -3.92. The van der Waals surface area contributed by atoms with Crippen LogP contribution in [0.4, 0.5) is 0 Å². The summed E-state index contributed by atoms with van der Waals surface area (Å²) < 4.78 is 114. The van der Waals surface area contributed by atoms with Crippen molar-refractivity contribution in [3.63, 3.8) is 0 Å². The van der Waals surface area contributed by atoms with E-state index < -0.39 is 40.5 Å². The number of hydrogen-bond acceptors (Lipinski definition) is 16. The molecule has 0 amide bonds. The predicted molar refractivity (Wildman–Crippen MR) is 342 cm³/mol. The SMILES string of the molecule is C.C.C.CC.CC.CCS(=O)(=O)[O-].CCSOO[O-].CS(=O)(=O)[O-].CS(=O)(=O)[O-].CS(=O)(=O)[O-].Cc1ccc(C)cc1.[Na+].[Na+].[Na+].[Na+].[Na+].c1ccc2ccccc2c1.c1ccc2ccccc2c1.c1ccc2ccccc2c1.c1ccc2ccccc2c1. The molecule has 15 nitrogen and oxygen atoms in total. The molecular formula is C62H85Na5O15S5. The Morgan fingerprint density at radius 3 is 0.517 bits per heavy atom. The van der Waals surface area contributed by atoms with Crippen LogP contribution in [0.3, 0.4) is 0 Å². The zero-order valence-corrected chi connectivity index (χ0v) is 65.4. The first kappa shape index (κ1) is 110. The van der Waals surface area contributed by atoms with Gasteiger partial charge in [-0.1, -0.05) is 293 Å². The van der Waals surface area contributed by atoms with Gasteiger partial charge in [0.25, 0.3) is 0 Å². The average molecular weight is 1350 g/mol. The van der Waals surface area contributed by atoms with Crippen molar-refractivity contribution in [3.8, 4) is 0 Å². The molecule has 9 aromatic carbocycles. The molecule has 87 heavy (non-hydrogen) atoms. The summed E-state index contributed by atoms with van der Waals surface area (Å²) in [6.07, 6.45) is 1.81. The van der Waals surface area contributed by atoms with Crippen molar-refractivity contribution >= 4 is 95.6 Å². The van der Waals surface area contributed by atoms with Gasteiger partial charge in [0.15, 0.2) is 0 Å². The summed E-state index contributed by atoms with van der Waals surface area (Å²) in [5, 5.41) is 22.4. The molecule has 0 N–H and O–H groups in total. The Kier molecular flexibility index (Phi) is 86.0. The second-order valence-corrected chi connectivity index (χ2v) is 21.9. The maximum Gasteiger partial charge on any atom is 1.00 e. The molecular weight excluding hydrogens is 1260 g/mol. The van der Waals surface area contributed by atoms with Gasteiger partial charge in [0, 0.05) is 42.3 Å². The number of hydrogen-bond donors (Lipinski definition) is 0. The maximum atomic E-state index is 9.44. The Hall–Kier alpha value is -1.11. The minimum absolute atomic E-state index is 0. The molecule has 458 valence electrons. The number of fused-ring (bicyclic) bond motifs is 4. The standard InChI is InChI=1S/4C10H8.C8H10.2C2H6O3S.2C2H6.3CH4O3S.3CH4.5Na/c4*1-2-6-10-8-4-3-7-9(10)5-1;1-7-3-5-8(2)6-4-7;1-2-6(3,4)5;1-2-6-5-4-3;2*1-2;3*1-5(2,3)4;;;;;;;;/h4*1-8H;3-6H,1-2H3;2H2,1H3,(H,3,4,5);3H,2H2,1H3;2*1-2H3;3*1H3,(H,2,3,4);3*1H4;;;;;/q;;;;;;;;;;;;;;;5*+1/p-5. The molecule has 25 heteroatoms. The summed E-state index contributed by atoms with van der Waals surface area (Å²) in [5.74, 6) is 0.412. The first-order valence-electron chi connectivity index (χ1n) is 24.2. The molecule has 0 heterocycles. The first-order chi connectivity index (χ1) is 37.1. The Labute approximate surface area is 638 Å². The molecule has 9 aromatic rings. The molecule has 0 atom stereocenters. The molecule has 0 aliphatic rings. The smallest absolute Gasteiger partial charge is 0.748 e. The maximum absolute atomic E-state index is 9.44. The summed E-state index contributed by atoms with van der Waals surface area (Å²) in [5.41, 5.74) is 2.66. The topological polar surface area (TPSA) is 270 Å². The van der Waals surface area contributed by atoms with E-state index in [0.29, 0.717) is 18.8 Å². The van der Waals surface area contributed by atoms with Gasteiger partial charge in [0.05, 0.1) is 40.5 Å². The largest absolute Gasteiger partial charge is 1.00 e. The van der Waals surface area contributed by atoms with Crippen LogP contribution in [0, 0.1) is 13.8 Å². The van der Waals surface area contributed by atoms with Crippen LogP contribution in [0.25, 0.3) is 43.1 Å². The van der Waals surface area contributed by atoms with Crippen LogP contribution in [0.15, 0.2) is 218 Å². The molecule has 0 radical (unpaired) electrons. The van der Waals surface area contributed by atoms with Crippen molar-refractivity contribution in [1.29, 1.82) is 0 Å². The molecule has 0 spiro atoms. The summed E-state index contributed by atoms with van der Waals surface area (Å²) in [7, 11) is -15.7. The molecule has 0 fully saturated rings. The third kappa shape index (κ3) is 77.3. The van der Waals surface area contributed by atoms with Crippen molar-refractivity contribution in [2.45, 2.75) is 77.7 Å². The van der Waals surface area contributed by atoms with Crippen molar-refractivity contribution in [1.82, 2.24) is 0 Å². The minimum Gasteiger partial charge on any atom is -0.748 e. The summed E-state index contributed by atoms with van der Waals surface area (Å²) in [4.78, 5) is 0. The van der Waals surface area contributed by atoms with Crippen LogP contribution in [-0.2, 0) is 49.8 Å². The van der Waals surface area contributed by atoms with Crippen LogP contribution < -0.4 is 153 Å². The fourth-order valence-corrected chi connectivity index (χ4v) is 5.37. The van der Waals surface area contributed by atoms with Gasteiger partial charge < -0.3 is 23.5 Å². The van der Waals surface area contributed by atoms with E-state index in [1.54, 1.807) is 0 Å². The molecule has 0 saturated carbocycles. The number of benzene rings is 9. The van der Waals surface area contributed by atoms with Crippen molar-refractivity contribution in [2.75, 3.05) is 30.3 Å². The summed E-state index contributed by atoms with van der Waals surface area (Å²) in [6, 6.07) is 75.3. The Bertz CT molecular complexity index is 2780. The van der Waals surface area contributed by atoms with Gasteiger partial charge in [0.2, 0.25) is 0 Å². The van der Waals surface area contributed by atoms with Crippen LogP contribution >= 0.6 is 12.0 Å². The first-order valence-corrected chi connectivity index (χ1v) is 32.1. The van der Waals surface area contributed by atoms with E-state index in [0.717, 1.165) is 17.8 Å². The quantitative estimate of drug-likeness (QED) is 0.0540. The van der Waals surface area contributed by atoms with Gasteiger partial charge >= 0.3 is 148 Å². The molecule has 0 unspecified atom stereocenters. The van der Waals surface area contributed by atoms with Gasteiger partial charge in [-0.05, 0) is 56.9 Å². The molecule has 0 aliphatic heterocycles. The Morgan fingerprint density at radius 1 is 0.333 bits per heavy atom. The third-order valence-corrected chi connectivity index (χ3v) is 9.49. The molecule has 9 rings (SSSR count). The van der Waals surface area contributed by atoms with E-state index in [1.165, 1.54) is 61.1 Å². The second-order valence-electron chi connectivity index (χ2n) is 15.0. The number of aryl methyl sites for hydroxylation is 2. The van der Waals surface area contributed by atoms with E-state index >= 15 is 0 Å². The van der Waals surface area contributed by atoms with Crippen molar-refractivity contribution < 1.29 is 214 Å². The van der Waals surface area contributed by atoms with E-state index in [4.69, 9.17) is 44.2 Å². The predicted octanol–water partition coefficient (Wildman–Crippen LogP) is -0.443. The van der Waals surface area contributed by atoms with Crippen LogP contribution in [0.2, 0.25) is 0 Å². The summed E-state index contributed by atoms with van der Waals surface area (Å²) in [6.45, 7) is 15.4. The van der Waals surface area contributed by atoms with Gasteiger partial charge in [-0.3, -0.25) is 5.04 Å². The van der Waals surface area contributed by atoms with Gasteiger partial charge in [-0.25, -0.2) is 33.7 Å². The monoisotopic (exact) mass is 1340 g/mol. The van der Waals surface area contributed by atoms with E-state index in [2.05, 4.69) is 242 Å². The van der Waals surface area contributed by atoms with Gasteiger partial charge in [-0.15, -0.1) is 0 Å². The summed E-state index contributed by atoms with van der Waals surface area (Å²) >= 11 is 0.973. The van der Waals surface area contributed by atoms with Crippen LogP contribution in [0.5, 0.6) is 0 Å². The van der Waals surface area contributed by atoms with Crippen LogP contribution in [0.1, 0.15) is 74.9 Å². The van der Waals surface area contributed by atoms with E-state index in [1.807, 2.05) is 34.6 Å². The van der Waals surface area contributed by atoms with E-state index in [-0.39, 0.29) is 176 Å². The average Bonchev–Trinajstić information content (AvgIpc) is 3.42. The van der Waals surface area contributed by atoms with Crippen molar-refractivity contribution in [2.24, 2.45) is 0 Å². The van der Waals surface area contributed by atoms with E-state index in [9.17, 15) is 13.0 Å². The Morgan fingerprint density at radius 2 is 0.448 bits per heavy atom. The Balaban J connectivity index is -0.0000000816. The van der Waals surface area contributed by atoms with Gasteiger partial charge in [0.1, 0.15) is 0 Å². The fourth-order valence-electron chi connectivity index (χ4n) is 5.24. The fraction of sp³-hybridized carbons (Fsp3) is 0.258. The second kappa shape index (κ2) is 67.8. The molecule has 0 aliphatic carbocycles. The zero-order valence-electron chi connectivity index (χ0n) is 51.4.